The molecular weight excluding hydrogens is 396 g/mol. The van der Waals surface area contributed by atoms with E-state index >= 15 is 0 Å². The minimum Gasteiger partial charge on any atom is -0.477 e. The number of hydrogen-bond donors (Lipinski definition) is 1. The zero-order chi connectivity index (χ0) is 19.0. The van der Waals surface area contributed by atoms with Crippen LogP contribution in [-0.4, -0.2) is 29.8 Å². The maximum absolute atomic E-state index is 11.6. The molecule has 0 aliphatic heterocycles. The molecule has 1 aromatic carbocycles. The molecule has 0 saturated heterocycles. The first-order valence-electron chi connectivity index (χ1n) is 8.67. The third-order valence-electron chi connectivity index (χ3n) is 3.39. The second kappa shape index (κ2) is 9.57. The Balaban J connectivity index is 1.80. The first kappa shape index (κ1) is 20.2. The number of rotatable bonds is 7. The first-order chi connectivity index (χ1) is 12.3. The first-order valence-corrected chi connectivity index (χ1v) is 9.46. The average Bonchev–Trinajstić information content (AvgIpc) is 2.57. The standard InChI is InChI=1S/C20H25BrN2O3/c1-20(2,3)26-19(24)22-13-7-8-14-25-18-16(11-12-17(21)23-18)15-9-5-4-6-10-15/h4-6,9-12H,7-8,13-14H2,1-3H3,(H,22,24). The lowest BCUT2D eigenvalue weighted by molar-refractivity contribution is 0.0526. The van der Waals surface area contributed by atoms with E-state index in [0.717, 1.165) is 28.6 Å². The van der Waals surface area contributed by atoms with Crippen LogP contribution in [0.3, 0.4) is 0 Å². The van der Waals surface area contributed by atoms with Gasteiger partial charge in [0.05, 0.1) is 6.61 Å². The Labute approximate surface area is 163 Å². The fraction of sp³-hybridized carbons (Fsp3) is 0.400. The molecule has 1 N–H and O–H groups in total. The van der Waals surface area contributed by atoms with Gasteiger partial charge < -0.3 is 14.8 Å². The molecule has 1 aromatic heterocycles. The summed E-state index contributed by atoms with van der Waals surface area (Å²) in [7, 11) is 0. The average molecular weight is 421 g/mol. The normalized spacial score (nSPS) is 11.1. The van der Waals surface area contributed by atoms with Crippen LogP contribution in [0.15, 0.2) is 47.1 Å². The van der Waals surface area contributed by atoms with Gasteiger partial charge in [-0.3, -0.25) is 0 Å². The predicted molar refractivity (Wildman–Crippen MR) is 106 cm³/mol. The molecule has 0 unspecified atom stereocenters. The van der Waals surface area contributed by atoms with Gasteiger partial charge >= 0.3 is 6.09 Å². The molecule has 26 heavy (non-hydrogen) atoms. The van der Waals surface area contributed by atoms with Crippen molar-refractivity contribution >= 4 is 22.0 Å². The Morgan fingerprint density at radius 2 is 1.85 bits per heavy atom. The van der Waals surface area contributed by atoms with Gasteiger partial charge in [-0.2, -0.15) is 0 Å². The maximum atomic E-state index is 11.6. The van der Waals surface area contributed by atoms with Crippen LogP contribution in [0, 0.1) is 0 Å². The molecule has 2 rings (SSSR count). The highest BCUT2D eigenvalue weighted by molar-refractivity contribution is 9.10. The van der Waals surface area contributed by atoms with Gasteiger partial charge in [-0.1, -0.05) is 30.3 Å². The number of hydrogen-bond acceptors (Lipinski definition) is 4. The van der Waals surface area contributed by atoms with Crippen LogP contribution in [0.2, 0.25) is 0 Å². The molecule has 1 heterocycles. The maximum Gasteiger partial charge on any atom is 0.407 e. The number of nitrogens with one attached hydrogen (secondary N) is 1. The third-order valence-corrected chi connectivity index (χ3v) is 3.83. The lowest BCUT2D eigenvalue weighted by Crippen LogP contribution is -2.33. The lowest BCUT2D eigenvalue weighted by Gasteiger charge is -2.19. The summed E-state index contributed by atoms with van der Waals surface area (Å²) >= 11 is 3.39. The van der Waals surface area contributed by atoms with E-state index in [1.807, 2.05) is 63.2 Å². The van der Waals surface area contributed by atoms with Gasteiger partial charge in [0.25, 0.3) is 0 Å². The van der Waals surface area contributed by atoms with E-state index in [4.69, 9.17) is 9.47 Å². The molecular formula is C20H25BrN2O3. The molecule has 140 valence electrons. The Bertz CT molecular complexity index is 715. The zero-order valence-electron chi connectivity index (χ0n) is 15.4. The zero-order valence-corrected chi connectivity index (χ0v) is 17.0. The molecule has 0 spiro atoms. The third kappa shape index (κ3) is 7.04. The van der Waals surface area contributed by atoms with E-state index in [1.54, 1.807) is 0 Å². The number of benzene rings is 1. The van der Waals surface area contributed by atoms with E-state index in [1.165, 1.54) is 0 Å². The fourth-order valence-electron chi connectivity index (χ4n) is 2.27. The molecule has 0 atom stereocenters. The summed E-state index contributed by atoms with van der Waals surface area (Å²) in [4.78, 5) is 16.0. The summed E-state index contributed by atoms with van der Waals surface area (Å²) in [6, 6.07) is 13.9. The van der Waals surface area contributed by atoms with Crippen molar-refractivity contribution in [3.63, 3.8) is 0 Å². The number of amides is 1. The number of unbranched alkanes of at least 4 members (excludes halogenated alkanes) is 1. The van der Waals surface area contributed by atoms with Crippen molar-refractivity contribution in [2.45, 2.75) is 39.2 Å². The topological polar surface area (TPSA) is 60.5 Å². The van der Waals surface area contributed by atoms with Crippen LogP contribution in [0.25, 0.3) is 11.1 Å². The number of ether oxygens (including phenoxy) is 2. The van der Waals surface area contributed by atoms with Crippen molar-refractivity contribution in [3.05, 3.63) is 47.1 Å². The highest BCUT2D eigenvalue weighted by Crippen LogP contribution is 2.29. The van der Waals surface area contributed by atoms with E-state index in [0.29, 0.717) is 19.0 Å². The van der Waals surface area contributed by atoms with Gasteiger partial charge in [-0.15, -0.1) is 0 Å². The van der Waals surface area contributed by atoms with Crippen molar-refractivity contribution < 1.29 is 14.3 Å². The second-order valence-corrected chi connectivity index (χ2v) is 7.65. The van der Waals surface area contributed by atoms with Crippen molar-refractivity contribution in [2.75, 3.05) is 13.2 Å². The molecule has 0 bridgehead atoms. The summed E-state index contributed by atoms with van der Waals surface area (Å²) in [5.74, 6) is 0.602. The lowest BCUT2D eigenvalue weighted by atomic mass is 10.1. The number of carbonyl (C=O) groups is 1. The molecule has 6 heteroatoms. The van der Waals surface area contributed by atoms with E-state index in [9.17, 15) is 4.79 Å². The summed E-state index contributed by atoms with van der Waals surface area (Å²) in [6.45, 7) is 6.61. The van der Waals surface area contributed by atoms with Gasteiger partial charge in [0.2, 0.25) is 5.88 Å². The van der Waals surface area contributed by atoms with Crippen LogP contribution < -0.4 is 10.1 Å². The summed E-state index contributed by atoms with van der Waals surface area (Å²) < 4.78 is 11.8. The monoisotopic (exact) mass is 420 g/mol. The smallest absolute Gasteiger partial charge is 0.407 e. The number of nitrogens with zero attached hydrogens (tertiary/aromatic N) is 1. The molecule has 0 radical (unpaired) electrons. The van der Waals surface area contributed by atoms with Gasteiger partial charge in [0.15, 0.2) is 0 Å². The van der Waals surface area contributed by atoms with E-state index in [-0.39, 0.29) is 0 Å². The summed E-state index contributed by atoms with van der Waals surface area (Å²) in [5.41, 5.74) is 1.54. The minimum absolute atomic E-state index is 0.390. The van der Waals surface area contributed by atoms with Gasteiger partial charge in [0.1, 0.15) is 10.2 Å². The second-order valence-electron chi connectivity index (χ2n) is 6.84. The molecule has 0 saturated carbocycles. The fourth-order valence-corrected chi connectivity index (χ4v) is 2.56. The van der Waals surface area contributed by atoms with Crippen LogP contribution in [-0.2, 0) is 4.74 Å². The molecule has 0 fully saturated rings. The summed E-state index contributed by atoms with van der Waals surface area (Å²) in [6.07, 6.45) is 1.21. The van der Waals surface area contributed by atoms with Gasteiger partial charge in [-0.25, -0.2) is 9.78 Å². The van der Waals surface area contributed by atoms with Crippen LogP contribution in [0.1, 0.15) is 33.6 Å². The number of alkyl carbamates (subject to hydrolysis) is 1. The van der Waals surface area contributed by atoms with Crippen molar-refractivity contribution in [1.29, 1.82) is 0 Å². The predicted octanol–water partition coefficient (Wildman–Crippen LogP) is 5.19. The Morgan fingerprint density at radius 1 is 1.12 bits per heavy atom. The quantitative estimate of drug-likeness (QED) is 0.494. The van der Waals surface area contributed by atoms with E-state index in [2.05, 4.69) is 26.2 Å². The highest BCUT2D eigenvalue weighted by Gasteiger charge is 2.15. The van der Waals surface area contributed by atoms with Crippen molar-refractivity contribution in [1.82, 2.24) is 10.3 Å². The van der Waals surface area contributed by atoms with Gasteiger partial charge in [0, 0.05) is 12.1 Å². The Kier molecular flexibility index (Phi) is 7.45. The number of carbonyl (C=O) groups excluding carboxylic acids is 1. The Hall–Kier alpha value is -2.08. The molecule has 0 aliphatic rings. The van der Waals surface area contributed by atoms with E-state index < -0.39 is 11.7 Å². The largest absolute Gasteiger partial charge is 0.477 e. The SMILES string of the molecule is CC(C)(C)OC(=O)NCCCCOc1nc(Br)ccc1-c1ccccc1. The van der Waals surface area contributed by atoms with Crippen LogP contribution >= 0.6 is 15.9 Å². The molecule has 5 nitrogen and oxygen atoms in total. The number of halogens is 1. The molecule has 0 aliphatic carbocycles. The van der Waals surface area contributed by atoms with Crippen LogP contribution in [0.5, 0.6) is 5.88 Å². The minimum atomic E-state index is -0.479. The van der Waals surface area contributed by atoms with Gasteiger partial charge in [-0.05, 0) is 67.2 Å². The van der Waals surface area contributed by atoms with Crippen LogP contribution in [0.4, 0.5) is 4.79 Å². The summed E-state index contributed by atoms with van der Waals surface area (Å²) in [5, 5.41) is 2.74. The Morgan fingerprint density at radius 3 is 2.54 bits per heavy atom. The molecule has 1 amide bonds. The molecule has 2 aromatic rings. The highest BCUT2D eigenvalue weighted by atomic mass is 79.9. The van der Waals surface area contributed by atoms with Crippen molar-refractivity contribution in [2.24, 2.45) is 0 Å². The number of aromatic nitrogens is 1. The van der Waals surface area contributed by atoms with Crippen molar-refractivity contribution in [3.8, 4) is 17.0 Å². The number of pyridine rings is 1.